The fourth-order valence-electron chi connectivity index (χ4n) is 0.348. The van der Waals surface area contributed by atoms with E-state index in [-0.39, 0.29) is 0 Å². The Balaban J connectivity index is 2.63. The number of rotatable bonds is 2. The molecule has 0 unspecified atom stereocenters. The summed E-state index contributed by atoms with van der Waals surface area (Å²) in [6, 6.07) is 0.398. The highest BCUT2D eigenvalue weighted by Crippen LogP contribution is 1.69. The van der Waals surface area contributed by atoms with Gasteiger partial charge in [0.15, 0.2) is 0 Å². The first-order chi connectivity index (χ1) is 2.77. The summed E-state index contributed by atoms with van der Waals surface area (Å²) >= 11 is 0. The summed E-state index contributed by atoms with van der Waals surface area (Å²) in [7, 11) is 0. The van der Waals surface area contributed by atoms with E-state index in [0.29, 0.717) is 6.04 Å². The van der Waals surface area contributed by atoms with E-state index < -0.39 is 0 Å². The Morgan fingerprint density at radius 1 is 1.83 bits per heavy atom. The van der Waals surface area contributed by atoms with Crippen LogP contribution in [0.4, 0.5) is 0 Å². The predicted molar refractivity (Wildman–Crippen MR) is 28.5 cm³/mol. The smallest absolute Gasteiger partial charge is 0.00391 e. The first kappa shape index (κ1) is 5.96. The molecule has 0 aromatic rings. The first-order valence-electron chi connectivity index (χ1n) is 2.33. The molecular formula is C5H12N. The second-order valence-corrected chi connectivity index (χ2v) is 1.46. The van der Waals surface area contributed by atoms with Gasteiger partial charge in [-0.1, -0.05) is 6.92 Å². The van der Waals surface area contributed by atoms with Crippen LogP contribution < -0.4 is 5.32 Å². The van der Waals surface area contributed by atoms with Gasteiger partial charge >= 0.3 is 0 Å². The molecule has 1 heteroatoms. The maximum Gasteiger partial charge on any atom is 0.00391 e. The highest BCUT2D eigenvalue weighted by atomic mass is 14.9. The quantitative estimate of drug-likeness (QED) is 0.524. The third kappa shape index (κ3) is 3.96. The molecule has 0 aliphatic heterocycles. The Labute approximate surface area is 39.7 Å². The second-order valence-electron chi connectivity index (χ2n) is 1.46. The van der Waals surface area contributed by atoms with Crippen LogP contribution in [0.25, 0.3) is 0 Å². The molecule has 0 saturated carbocycles. The molecule has 0 rings (SSSR count). The van der Waals surface area contributed by atoms with Crippen molar-refractivity contribution < 1.29 is 0 Å². The molecule has 1 nitrogen and oxygen atoms in total. The molecule has 0 aromatic heterocycles. The maximum absolute atomic E-state index is 3.72. The predicted octanol–water partition coefficient (Wildman–Crippen LogP) is 0.818. The van der Waals surface area contributed by atoms with Gasteiger partial charge < -0.3 is 5.32 Å². The summed E-state index contributed by atoms with van der Waals surface area (Å²) in [6.45, 7) is 8.84. The lowest BCUT2D eigenvalue weighted by Gasteiger charge is -2.00. The molecule has 0 fully saturated rings. The van der Waals surface area contributed by atoms with Gasteiger partial charge in [-0.25, -0.2) is 0 Å². The highest BCUT2D eigenvalue weighted by Gasteiger charge is 1.82. The monoisotopic (exact) mass is 86.1 g/mol. The minimum atomic E-state index is 0.398. The zero-order valence-corrected chi connectivity index (χ0v) is 4.49. The molecule has 0 saturated heterocycles. The van der Waals surface area contributed by atoms with Crippen LogP contribution in [0, 0.1) is 6.92 Å². The summed E-state index contributed by atoms with van der Waals surface area (Å²) < 4.78 is 0. The average molecular weight is 86.2 g/mol. The van der Waals surface area contributed by atoms with Crippen molar-refractivity contribution in [3.63, 3.8) is 0 Å². The van der Waals surface area contributed by atoms with Crippen LogP contribution in [-0.2, 0) is 0 Å². The molecule has 0 aliphatic rings. The van der Waals surface area contributed by atoms with Crippen molar-refractivity contribution in [2.75, 3.05) is 6.54 Å². The third-order valence-electron chi connectivity index (χ3n) is 0.553. The normalized spacial score (nSPS) is 10.0. The lowest BCUT2D eigenvalue weighted by molar-refractivity contribution is 0.658. The fourth-order valence-corrected chi connectivity index (χ4v) is 0.348. The minimum Gasteiger partial charge on any atom is -0.315 e. The largest absolute Gasteiger partial charge is 0.315 e. The SMILES string of the molecule is [CH2][C@H](C)NCC. The van der Waals surface area contributed by atoms with Crippen LogP contribution in [0.15, 0.2) is 0 Å². The average Bonchev–Trinajstić information content (AvgIpc) is 1.35. The van der Waals surface area contributed by atoms with Gasteiger partial charge in [-0.15, -0.1) is 0 Å². The van der Waals surface area contributed by atoms with E-state index in [1.54, 1.807) is 0 Å². The zero-order chi connectivity index (χ0) is 4.99. The van der Waals surface area contributed by atoms with Crippen LogP contribution in [0.1, 0.15) is 13.8 Å². The molecule has 0 aromatic carbocycles. The van der Waals surface area contributed by atoms with E-state index in [9.17, 15) is 0 Å². The van der Waals surface area contributed by atoms with Gasteiger partial charge in [-0.2, -0.15) is 0 Å². The summed E-state index contributed by atoms with van der Waals surface area (Å²) in [5.74, 6) is 0. The molecular weight excluding hydrogens is 74.1 g/mol. The molecule has 0 heterocycles. The maximum atomic E-state index is 3.72. The highest BCUT2D eigenvalue weighted by molar-refractivity contribution is 4.57. The van der Waals surface area contributed by atoms with Gasteiger partial charge in [0, 0.05) is 6.04 Å². The first-order valence-corrected chi connectivity index (χ1v) is 2.33. The van der Waals surface area contributed by atoms with Gasteiger partial charge in [0.25, 0.3) is 0 Å². The van der Waals surface area contributed by atoms with Gasteiger partial charge in [0.05, 0.1) is 0 Å². The topological polar surface area (TPSA) is 12.0 Å². The van der Waals surface area contributed by atoms with E-state index >= 15 is 0 Å². The van der Waals surface area contributed by atoms with E-state index in [0.717, 1.165) is 6.54 Å². The number of hydrogen-bond acceptors (Lipinski definition) is 1. The molecule has 0 bridgehead atoms. The Morgan fingerprint density at radius 2 is 2.33 bits per heavy atom. The molecule has 1 atom stereocenters. The molecule has 1 N–H and O–H groups in total. The standard InChI is InChI=1S/C5H12N/c1-4-6-5(2)3/h5-6H,2,4H2,1,3H3/t5-/m1/s1. The van der Waals surface area contributed by atoms with E-state index in [2.05, 4.69) is 19.2 Å². The van der Waals surface area contributed by atoms with Gasteiger partial charge in [0.1, 0.15) is 0 Å². The van der Waals surface area contributed by atoms with E-state index in [1.807, 2.05) is 6.92 Å². The Bertz CT molecular complexity index is 25.1. The molecule has 0 aliphatic carbocycles. The van der Waals surface area contributed by atoms with Crippen molar-refractivity contribution >= 4 is 0 Å². The van der Waals surface area contributed by atoms with Gasteiger partial charge in [-0.05, 0) is 20.4 Å². The molecule has 0 amide bonds. The van der Waals surface area contributed by atoms with Crippen molar-refractivity contribution in [1.29, 1.82) is 0 Å². The lowest BCUT2D eigenvalue weighted by atomic mass is 10.4. The van der Waals surface area contributed by atoms with Crippen molar-refractivity contribution in [1.82, 2.24) is 5.32 Å². The Kier molecular flexibility index (Phi) is 3.14. The summed E-state index contributed by atoms with van der Waals surface area (Å²) in [5.41, 5.74) is 0. The Hall–Kier alpha value is -0.0400. The lowest BCUT2D eigenvalue weighted by Crippen LogP contribution is -2.21. The Morgan fingerprint density at radius 3 is 2.33 bits per heavy atom. The van der Waals surface area contributed by atoms with Crippen molar-refractivity contribution in [2.24, 2.45) is 0 Å². The number of nitrogens with one attached hydrogen (secondary N) is 1. The van der Waals surface area contributed by atoms with Crippen LogP contribution in [0.3, 0.4) is 0 Å². The van der Waals surface area contributed by atoms with Crippen LogP contribution in [0.5, 0.6) is 0 Å². The third-order valence-corrected chi connectivity index (χ3v) is 0.553. The molecule has 1 radical (unpaired) electrons. The molecule has 37 valence electrons. The summed E-state index contributed by atoms with van der Waals surface area (Å²) in [4.78, 5) is 0. The van der Waals surface area contributed by atoms with Gasteiger partial charge in [-0.3, -0.25) is 0 Å². The van der Waals surface area contributed by atoms with Gasteiger partial charge in [0.2, 0.25) is 0 Å². The minimum absolute atomic E-state index is 0.398. The summed E-state index contributed by atoms with van der Waals surface area (Å²) in [5, 5.41) is 3.10. The van der Waals surface area contributed by atoms with E-state index in [1.165, 1.54) is 0 Å². The zero-order valence-electron chi connectivity index (χ0n) is 4.49. The number of hydrogen-bond donors (Lipinski definition) is 1. The summed E-state index contributed by atoms with van der Waals surface area (Å²) in [6.07, 6.45) is 0. The van der Waals surface area contributed by atoms with Crippen LogP contribution in [-0.4, -0.2) is 12.6 Å². The van der Waals surface area contributed by atoms with Crippen LogP contribution in [0.2, 0.25) is 0 Å². The molecule has 0 spiro atoms. The van der Waals surface area contributed by atoms with Crippen LogP contribution >= 0.6 is 0 Å². The van der Waals surface area contributed by atoms with E-state index in [4.69, 9.17) is 0 Å². The van der Waals surface area contributed by atoms with Crippen molar-refractivity contribution in [3.05, 3.63) is 6.92 Å². The second kappa shape index (κ2) is 3.16. The van der Waals surface area contributed by atoms with Crippen molar-refractivity contribution in [2.45, 2.75) is 19.9 Å². The van der Waals surface area contributed by atoms with Crippen molar-refractivity contribution in [3.8, 4) is 0 Å². The molecule has 6 heavy (non-hydrogen) atoms. The fraction of sp³-hybridized carbons (Fsp3) is 0.800.